The third kappa shape index (κ3) is 3.16. The van der Waals surface area contributed by atoms with Gasteiger partial charge in [0.1, 0.15) is 0 Å². The molecule has 3 nitrogen and oxygen atoms in total. The van der Waals surface area contributed by atoms with E-state index in [1.54, 1.807) is 0 Å². The van der Waals surface area contributed by atoms with Gasteiger partial charge in [-0.15, -0.1) is 0 Å². The lowest BCUT2D eigenvalue weighted by Crippen LogP contribution is -2.51. The molecule has 0 aromatic heterocycles. The Bertz CT molecular complexity index is 428. The molecule has 1 aliphatic rings. The fraction of sp³-hybridized carbons (Fsp3) is 0.562. The molecule has 19 heavy (non-hydrogen) atoms. The average Bonchev–Trinajstić information content (AvgIpc) is 2.40. The van der Waals surface area contributed by atoms with E-state index in [9.17, 15) is 9.90 Å². The summed E-state index contributed by atoms with van der Waals surface area (Å²) in [6.45, 7) is 5.55. The molecule has 1 atom stereocenters. The Morgan fingerprint density at radius 1 is 1.32 bits per heavy atom. The zero-order valence-corrected chi connectivity index (χ0v) is 11.8. The number of piperidine rings is 1. The Kier molecular flexibility index (Phi) is 4.25. The Balaban J connectivity index is 2.15. The molecule has 1 aliphatic heterocycles. The highest BCUT2D eigenvalue weighted by Gasteiger charge is 2.41. The smallest absolute Gasteiger partial charge is 0.310 e. The van der Waals surface area contributed by atoms with Gasteiger partial charge in [0.15, 0.2) is 0 Å². The lowest BCUT2D eigenvalue weighted by atomic mass is 9.78. The van der Waals surface area contributed by atoms with E-state index in [0.717, 1.165) is 25.9 Å². The lowest BCUT2D eigenvalue weighted by Gasteiger charge is -2.43. The van der Waals surface area contributed by atoms with Gasteiger partial charge in [-0.1, -0.05) is 36.8 Å². The molecule has 1 heterocycles. The van der Waals surface area contributed by atoms with E-state index in [2.05, 4.69) is 17.0 Å². The number of aliphatic carboxylic acids is 1. The van der Waals surface area contributed by atoms with Crippen molar-refractivity contribution in [2.75, 3.05) is 6.54 Å². The van der Waals surface area contributed by atoms with E-state index in [0.29, 0.717) is 0 Å². The highest BCUT2D eigenvalue weighted by atomic mass is 16.4. The van der Waals surface area contributed by atoms with Crippen molar-refractivity contribution >= 4 is 5.97 Å². The summed E-state index contributed by atoms with van der Waals surface area (Å²) in [5, 5.41) is 9.45. The van der Waals surface area contributed by atoms with Gasteiger partial charge in [0.2, 0.25) is 0 Å². The first-order valence-corrected chi connectivity index (χ1v) is 7.03. The van der Waals surface area contributed by atoms with Crippen molar-refractivity contribution < 1.29 is 9.90 Å². The van der Waals surface area contributed by atoms with Crippen LogP contribution in [0.2, 0.25) is 0 Å². The normalized spacial score (nSPS) is 21.3. The van der Waals surface area contributed by atoms with Crippen molar-refractivity contribution in [3.63, 3.8) is 0 Å². The van der Waals surface area contributed by atoms with Crippen molar-refractivity contribution in [1.82, 2.24) is 4.90 Å². The first kappa shape index (κ1) is 14.1. The maximum absolute atomic E-state index is 11.5. The fourth-order valence-electron chi connectivity index (χ4n) is 2.96. The summed E-state index contributed by atoms with van der Waals surface area (Å²) in [4.78, 5) is 13.8. The largest absolute Gasteiger partial charge is 0.481 e. The van der Waals surface area contributed by atoms with Gasteiger partial charge in [-0.3, -0.25) is 9.69 Å². The van der Waals surface area contributed by atoms with Gasteiger partial charge < -0.3 is 5.11 Å². The van der Waals surface area contributed by atoms with Gasteiger partial charge in [0.25, 0.3) is 0 Å². The molecule has 0 aliphatic carbocycles. The standard InChI is InChI=1S/C16H23NO2/c1-16(2,15(18)19)14-10-6-7-11-17(14)12-13-8-4-3-5-9-13/h3-5,8-9,14H,6-7,10-12H2,1-2H3,(H,18,19). The number of rotatable bonds is 4. The Morgan fingerprint density at radius 3 is 2.63 bits per heavy atom. The number of hydrogen-bond donors (Lipinski definition) is 1. The third-order valence-electron chi connectivity index (χ3n) is 4.23. The van der Waals surface area contributed by atoms with Crippen LogP contribution < -0.4 is 0 Å². The number of carboxylic acids is 1. The second-order valence-electron chi connectivity index (χ2n) is 5.99. The topological polar surface area (TPSA) is 40.5 Å². The zero-order valence-electron chi connectivity index (χ0n) is 11.8. The van der Waals surface area contributed by atoms with E-state index in [1.807, 2.05) is 32.0 Å². The van der Waals surface area contributed by atoms with Crippen LogP contribution in [0, 0.1) is 5.41 Å². The quantitative estimate of drug-likeness (QED) is 0.905. The maximum Gasteiger partial charge on any atom is 0.310 e. The van der Waals surface area contributed by atoms with E-state index in [-0.39, 0.29) is 6.04 Å². The Labute approximate surface area is 115 Å². The molecule has 1 N–H and O–H groups in total. The number of benzene rings is 1. The van der Waals surface area contributed by atoms with Crippen LogP contribution in [-0.2, 0) is 11.3 Å². The summed E-state index contributed by atoms with van der Waals surface area (Å²) in [6.07, 6.45) is 3.28. The highest BCUT2D eigenvalue weighted by molar-refractivity contribution is 5.74. The molecule has 0 bridgehead atoms. The fourth-order valence-corrected chi connectivity index (χ4v) is 2.96. The summed E-state index contributed by atoms with van der Waals surface area (Å²) in [6, 6.07) is 10.4. The molecule has 104 valence electrons. The molecule has 0 saturated carbocycles. The molecular weight excluding hydrogens is 238 g/mol. The molecule has 1 unspecified atom stereocenters. The van der Waals surface area contributed by atoms with Gasteiger partial charge >= 0.3 is 5.97 Å². The van der Waals surface area contributed by atoms with Crippen LogP contribution in [0.5, 0.6) is 0 Å². The van der Waals surface area contributed by atoms with Gasteiger partial charge in [0.05, 0.1) is 5.41 Å². The molecule has 0 radical (unpaired) electrons. The first-order valence-electron chi connectivity index (χ1n) is 7.03. The third-order valence-corrected chi connectivity index (χ3v) is 4.23. The summed E-state index contributed by atoms with van der Waals surface area (Å²) in [5.74, 6) is -0.697. The van der Waals surface area contributed by atoms with Crippen LogP contribution in [0.25, 0.3) is 0 Å². The van der Waals surface area contributed by atoms with Crippen molar-refractivity contribution in [2.24, 2.45) is 5.41 Å². The van der Waals surface area contributed by atoms with Crippen molar-refractivity contribution in [2.45, 2.75) is 45.7 Å². The summed E-state index contributed by atoms with van der Waals surface area (Å²) in [5.41, 5.74) is 0.574. The average molecular weight is 261 g/mol. The van der Waals surface area contributed by atoms with Gasteiger partial charge in [-0.05, 0) is 38.8 Å². The van der Waals surface area contributed by atoms with Crippen LogP contribution in [0.3, 0.4) is 0 Å². The number of hydrogen-bond acceptors (Lipinski definition) is 2. The molecule has 3 heteroatoms. The predicted octanol–water partition coefficient (Wildman–Crippen LogP) is 3.15. The van der Waals surface area contributed by atoms with Crippen molar-refractivity contribution in [1.29, 1.82) is 0 Å². The summed E-state index contributed by atoms with van der Waals surface area (Å²) < 4.78 is 0. The van der Waals surface area contributed by atoms with Gasteiger partial charge in [-0.2, -0.15) is 0 Å². The predicted molar refractivity (Wildman–Crippen MR) is 75.9 cm³/mol. The molecule has 2 rings (SSSR count). The molecule has 1 aromatic rings. The van der Waals surface area contributed by atoms with E-state index in [1.165, 1.54) is 12.0 Å². The summed E-state index contributed by atoms with van der Waals surface area (Å²) >= 11 is 0. The van der Waals surface area contributed by atoms with Gasteiger partial charge in [0, 0.05) is 12.6 Å². The molecular formula is C16H23NO2. The van der Waals surface area contributed by atoms with Crippen molar-refractivity contribution in [3.8, 4) is 0 Å². The second kappa shape index (κ2) is 5.74. The second-order valence-corrected chi connectivity index (χ2v) is 5.99. The van der Waals surface area contributed by atoms with Crippen LogP contribution in [0.1, 0.15) is 38.7 Å². The Morgan fingerprint density at radius 2 is 2.00 bits per heavy atom. The minimum atomic E-state index is -0.697. The lowest BCUT2D eigenvalue weighted by molar-refractivity contribution is -0.152. The SMILES string of the molecule is CC(C)(C(=O)O)C1CCCCN1Cc1ccccc1. The molecule has 1 aromatic carbocycles. The van der Waals surface area contributed by atoms with Gasteiger partial charge in [-0.25, -0.2) is 0 Å². The number of carbonyl (C=O) groups is 1. The van der Waals surface area contributed by atoms with Crippen molar-refractivity contribution in [3.05, 3.63) is 35.9 Å². The van der Waals surface area contributed by atoms with Crippen LogP contribution >= 0.6 is 0 Å². The van der Waals surface area contributed by atoms with Crippen LogP contribution in [-0.4, -0.2) is 28.6 Å². The molecule has 1 saturated heterocycles. The molecule has 1 fully saturated rings. The zero-order chi connectivity index (χ0) is 13.9. The van der Waals surface area contributed by atoms with E-state index >= 15 is 0 Å². The maximum atomic E-state index is 11.5. The monoisotopic (exact) mass is 261 g/mol. The first-order chi connectivity index (χ1) is 9.01. The van der Waals surface area contributed by atoms with E-state index in [4.69, 9.17) is 0 Å². The Hall–Kier alpha value is -1.35. The van der Waals surface area contributed by atoms with Crippen LogP contribution in [0.4, 0.5) is 0 Å². The minimum absolute atomic E-state index is 0.124. The minimum Gasteiger partial charge on any atom is -0.481 e. The number of carboxylic acid groups (broad SMARTS) is 1. The highest BCUT2D eigenvalue weighted by Crippen LogP contribution is 2.33. The summed E-state index contributed by atoms with van der Waals surface area (Å²) in [7, 11) is 0. The molecule has 0 spiro atoms. The van der Waals surface area contributed by atoms with Crippen LogP contribution in [0.15, 0.2) is 30.3 Å². The van der Waals surface area contributed by atoms with E-state index < -0.39 is 11.4 Å². The number of nitrogens with zero attached hydrogens (tertiary/aromatic N) is 1. The molecule has 0 amide bonds. The number of likely N-dealkylation sites (tertiary alicyclic amines) is 1.